The topological polar surface area (TPSA) is 55.6 Å². The molecule has 5 heteroatoms. The van der Waals surface area contributed by atoms with Gasteiger partial charge >= 0.3 is 0 Å². The van der Waals surface area contributed by atoms with E-state index in [0.29, 0.717) is 23.9 Å². The number of hydrogen-bond acceptors (Lipinski definition) is 3. The van der Waals surface area contributed by atoms with Crippen LogP contribution < -0.4 is 10.5 Å². The summed E-state index contributed by atoms with van der Waals surface area (Å²) in [6.07, 6.45) is 0.265. The highest BCUT2D eigenvalue weighted by atomic mass is 35.5. The second-order valence-corrected chi connectivity index (χ2v) is 6.19. The zero-order valence-corrected chi connectivity index (χ0v) is 13.3. The average Bonchev–Trinajstić information content (AvgIpc) is 2.38. The Labute approximate surface area is 125 Å². The third-order valence-corrected chi connectivity index (χ3v) is 3.46. The third-order valence-electron chi connectivity index (χ3n) is 3.23. The van der Waals surface area contributed by atoms with Crippen molar-refractivity contribution in [2.45, 2.75) is 20.3 Å². The lowest BCUT2D eigenvalue weighted by Gasteiger charge is -2.29. The summed E-state index contributed by atoms with van der Waals surface area (Å²) >= 11 is 5.97. The van der Waals surface area contributed by atoms with Gasteiger partial charge in [0.05, 0.1) is 13.5 Å². The van der Waals surface area contributed by atoms with Crippen molar-refractivity contribution in [3.05, 3.63) is 28.8 Å². The van der Waals surface area contributed by atoms with E-state index in [9.17, 15) is 4.79 Å². The van der Waals surface area contributed by atoms with Crippen LogP contribution in [0, 0.1) is 5.41 Å². The Morgan fingerprint density at radius 1 is 1.45 bits per heavy atom. The van der Waals surface area contributed by atoms with E-state index in [-0.39, 0.29) is 17.7 Å². The van der Waals surface area contributed by atoms with Gasteiger partial charge in [0.2, 0.25) is 5.91 Å². The number of benzene rings is 1. The molecular formula is C15H23ClN2O2. The largest absolute Gasteiger partial charge is 0.496 e. The minimum absolute atomic E-state index is 0.0205. The molecule has 0 aliphatic heterocycles. The maximum absolute atomic E-state index is 12.3. The first kappa shape index (κ1) is 16.8. The molecule has 0 aliphatic carbocycles. The minimum Gasteiger partial charge on any atom is -0.496 e. The Hall–Kier alpha value is -1.26. The van der Waals surface area contributed by atoms with Crippen LogP contribution in [0.3, 0.4) is 0 Å². The first-order chi connectivity index (χ1) is 9.29. The first-order valence-electron chi connectivity index (χ1n) is 6.55. The number of hydrogen-bond donors (Lipinski definition) is 1. The second kappa shape index (κ2) is 6.95. The Balaban J connectivity index is 2.78. The summed E-state index contributed by atoms with van der Waals surface area (Å²) in [5.41, 5.74) is 6.40. The summed E-state index contributed by atoms with van der Waals surface area (Å²) in [5, 5.41) is 0.596. The number of ether oxygens (including phenoxy) is 1. The van der Waals surface area contributed by atoms with Crippen molar-refractivity contribution < 1.29 is 9.53 Å². The van der Waals surface area contributed by atoms with Crippen molar-refractivity contribution in [2.24, 2.45) is 11.1 Å². The number of methoxy groups -OCH3 is 1. The molecule has 0 heterocycles. The fourth-order valence-corrected chi connectivity index (χ4v) is 2.17. The number of nitrogens with two attached hydrogens (primary N) is 1. The molecule has 20 heavy (non-hydrogen) atoms. The Bertz CT molecular complexity index is 475. The monoisotopic (exact) mass is 298 g/mol. The molecule has 0 saturated carbocycles. The summed E-state index contributed by atoms with van der Waals surface area (Å²) in [6, 6.07) is 5.28. The number of amides is 1. The molecule has 112 valence electrons. The molecule has 0 atom stereocenters. The fourth-order valence-electron chi connectivity index (χ4n) is 1.98. The van der Waals surface area contributed by atoms with Gasteiger partial charge in [0.1, 0.15) is 5.75 Å². The zero-order valence-electron chi connectivity index (χ0n) is 12.6. The number of likely N-dealkylation sites (N-methyl/N-ethyl adjacent to an activating group) is 1. The van der Waals surface area contributed by atoms with E-state index in [4.69, 9.17) is 22.1 Å². The van der Waals surface area contributed by atoms with Gasteiger partial charge in [-0.25, -0.2) is 0 Å². The van der Waals surface area contributed by atoms with Gasteiger partial charge in [0.15, 0.2) is 0 Å². The SMILES string of the molecule is COc1ccc(Cl)cc1CC(=O)N(C)CC(C)(C)CN. The normalized spacial score (nSPS) is 11.3. The van der Waals surface area contributed by atoms with Crippen molar-refractivity contribution >= 4 is 17.5 Å². The zero-order chi connectivity index (χ0) is 15.3. The highest BCUT2D eigenvalue weighted by molar-refractivity contribution is 6.30. The number of carbonyl (C=O) groups is 1. The van der Waals surface area contributed by atoms with Crippen molar-refractivity contribution in [3.8, 4) is 5.75 Å². The predicted molar refractivity (Wildman–Crippen MR) is 82.2 cm³/mol. The van der Waals surface area contributed by atoms with Crippen LogP contribution >= 0.6 is 11.6 Å². The summed E-state index contributed by atoms with van der Waals surface area (Å²) in [6.45, 7) is 5.23. The lowest BCUT2D eigenvalue weighted by Crippen LogP contribution is -2.40. The molecule has 0 fully saturated rings. The van der Waals surface area contributed by atoms with Gasteiger partial charge in [0.25, 0.3) is 0 Å². The molecule has 0 spiro atoms. The molecule has 1 amide bonds. The highest BCUT2D eigenvalue weighted by Crippen LogP contribution is 2.24. The van der Waals surface area contributed by atoms with Crippen LogP contribution in [-0.4, -0.2) is 38.1 Å². The molecule has 1 aromatic carbocycles. The van der Waals surface area contributed by atoms with Gasteiger partial charge in [-0.1, -0.05) is 25.4 Å². The number of halogens is 1. The molecular weight excluding hydrogens is 276 g/mol. The third kappa shape index (κ3) is 4.69. The van der Waals surface area contributed by atoms with Crippen LogP contribution in [0.2, 0.25) is 5.02 Å². The molecule has 1 rings (SSSR count). The smallest absolute Gasteiger partial charge is 0.226 e. The van der Waals surface area contributed by atoms with E-state index in [1.807, 2.05) is 13.8 Å². The number of carbonyl (C=O) groups excluding carboxylic acids is 1. The maximum Gasteiger partial charge on any atom is 0.226 e. The molecule has 0 bridgehead atoms. The van der Waals surface area contributed by atoms with Gasteiger partial charge in [-0.3, -0.25) is 4.79 Å². The molecule has 2 N–H and O–H groups in total. The summed E-state index contributed by atoms with van der Waals surface area (Å²) in [5.74, 6) is 0.696. The van der Waals surface area contributed by atoms with Crippen molar-refractivity contribution in [1.82, 2.24) is 4.90 Å². The van der Waals surface area contributed by atoms with Gasteiger partial charge in [-0.2, -0.15) is 0 Å². The second-order valence-electron chi connectivity index (χ2n) is 5.75. The van der Waals surface area contributed by atoms with Crippen molar-refractivity contribution in [1.29, 1.82) is 0 Å². The molecule has 0 radical (unpaired) electrons. The molecule has 0 unspecified atom stereocenters. The van der Waals surface area contributed by atoms with Gasteiger partial charge in [-0.15, -0.1) is 0 Å². The molecule has 4 nitrogen and oxygen atoms in total. The van der Waals surface area contributed by atoms with E-state index >= 15 is 0 Å². The quantitative estimate of drug-likeness (QED) is 0.877. The van der Waals surface area contributed by atoms with Crippen LogP contribution in [0.5, 0.6) is 5.75 Å². The summed E-state index contributed by atoms with van der Waals surface area (Å²) in [7, 11) is 3.37. The maximum atomic E-state index is 12.3. The van der Waals surface area contributed by atoms with Crippen LogP contribution in [-0.2, 0) is 11.2 Å². The minimum atomic E-state index is -0.0944. The molecule has 1 aromatic rings. The molecule has 0 aromatic heterocycles. The Morgan fingerprint density at radius 3 is 2.65 bits per heavy atom. The standard InChI is InChI=1S/C15H23ClN2O2/c1-15(2,9-17)10-18(3)14(19)8-11-7-12(16)5-6-13(11)20-4/h5-7H,8-10,17H2,1-4H3. The van der Waals surface area contributed by atoms with Gasteiger partial charge in [0, 0.05) is 24.2 Å². The van der Waals surface area contributed by atoms with Crippen LogP contribution in [0.4, 0.5) is 0 Å². The molecule has 0 aliphatic rings. The lowest BCUT2D eigenvalue weighted by molar-refractivity contribution is -0.130. The highest BCUT2D eigenvalue weighted by Gasteiger charge is 2.21. The predicted octanol–water partition coefficient (Wildman–Crippen LogP) is 2.33. The van der Waals surface area contributed by atoms with Crippen molar-refractivity contribution in [2.75, 3.05) is 27.2 Å². The van der Waals surface area contributed by atoms with E-state index in [1.165, 1.54) is 0 Å². The Morgan fingerprint density at radius 2 is 2.10 bits per heavy atom. The first-order valence-corrected chi connectivity index (χ1v) is 6.93. The van der Waals surface area contributed by atoms with E-state index in [2.05, 4.69) is 0 Å². The summed E-state index contributed by atoms with van der Waals surface area (Å²) in [4.78, 5) is 14.0. The van der Waals surface area contributed by atoms with Crippen LogP contribution in [0.25, 0.3) is 0 Å². The van der Waals surface area contributed by atoms with E-state index < -0.39 is 0 Å². The van der Waals surface area contributed by atoms with Crippen molar-refractivity contribution in [3.63, 3.8) is 0 Å². The number of rotatable bonds is 6. The van der Waals surface area contributed by atoms with Gasteiger partial charge < -0.3 is 15.4 Å². The van der Waals surface area contributed by atoms with E-state index in [1.54, 1.807) is 37.3 Å². The lowest BCUT2D eigenvalue weighted by atomic mass is 9.93. The van der Waals surface area contributed by atoms with Gasteiger partial charge in [-0.05, 0) is 30.2 Å². The molecule has 0 saturated heterocycles. The fraction of sp³-hybridized carbons (Fsp3) is 0.533. The summed E-state index contributed by atoms with van der Waals surface area (Å²) < 4.78 is 5.25. The van der Waals surface area contributed by atoms with Crippen LogP contribution in [0.1, 0.15) is 19.4 Å². The van der Waals surface area contributed by atoms with E-state index in [0.717, 1.165) is 5.56 Å². The van der Waals surface area contributed by atoms with Crippen LogP contribution in [0.15, 0.2) is 18.2 Å². The number of nitrogens with zero attached hydrogens (tertiary/aromatic N) is 1. The average molecular weight is 299 g/mol. The Kier molecular flexibility index (Phi) is 5.84.